The maximum Gasteiger partial charge on any atom is 0.123 e. The number of fused-ring (bicyclic) bond motifs is 1. The van der Waals surface area contributed by atoms with Crippen LogP contribution in [0.2, 0.25) is 0 Å². The molecule has 0 aliphatic rings. The van der Waals surface area contributed by atoms with Gasteiger partial charge in [-0.05, 0) is 29.2 Å². The van der Waals surface area contributed by atoms with E-state index in [0.717, 1.165) is 23.4 Å². The zero-order chi connectivity index (χ0) is 14.8. The Hall–Kier alpha value is -2.13. The van der Waals surface area contributed by atoms with E-state index in [-0.39, 0.29) is 0 Å². The van der Waals surface area contributed by atoms with Crippen LogP contribution in [0.5, 0.6) is 0 Å². The summed E-state index contributed by atoms with van der Waals surface area (Å²) >= 11 is 0. The molecule has 3 heteroatoms. The van der Waals surface area contributed by atoms with Crippen LogP contribution >= 0.6 is 0 Å². The van der Waals surface area contributed by atoms with E-state index in [1.54, 1.807) is 0 Å². The summed E-state index contributed by atoms with van der Waals surface area (Å²) in [6, 6.07) is 17.0. The average Bonchev–Trinajstić information content (AvgIpc) is 2.85. The second-order valence-electron chi connectivity index (χ2n) is 5.71. The van der Waals surface area contributed by atoms with Crippen molar-refractivity contribution >= 4 is 11.0 Å². The standard InChI is InChI=1S/C18H21N3/c1-13(2)15-8-9-17-16(10-15)20-18(11-19)21(17)12-14-6-4-3-5-7-14/h3-10,13H,11-12,19H2,1-2H3. The van der Waals surface area contributed by atoms with Crippen LogP contribution in [-0.2, 0) is 13.1 Å². The zero-order valence-electron chi connectivity index (χ0n) is 12.6. The molecule has 0 bridgehead atoms. The molecule has 0 spiro atoms. The number of benzene rings is 2. The minimum absolute atomic E-state index is 0.457. The summed E-state index contributed by atoms with van der Waals surface area (Å²) in [5.41, 5.74) is 10.7. The molecule has 0 amide bonds. The average molecular weight is 279 g/mol. The molecule has 0 fully saturated rings. The summed E-state index contributed by atoms with van der Waals surface area (Å²) in [5.74, 6) is 1.45. The van der Waals surface area contributed by atoms with Gasteiger partial charge in [-0.2, -0.15) is 0 Å². The van der Waals surface area contributed by atoms with Gasteiger partial charge in [0.2, 0.25) is 0 Å². The third kappa shape index (κ3) is 2.69. The van der Waals surface area contributed by atoms with Gasteiger partial charge in [-0.15, -0.1) is 0 Å². The first-order valence-electron chi connectivity index (χ1n) is 7.42. The van der Waals surface area contributed by atoms with Gasteiger partial charge in [0.15, 0.2) is 0 Å². The Morgan fingerprint density at radius 2 is 1.86 bits per heavy atom. The number of nitrogens with zero attached hydrogens (tertiary/aromatic N) is 2. The number of rotatable bonds is 4. The maximum absolute atomic E-state index is 5.88. The van der Waals surface area contributed by atoms with Crippen LogP contribution in [0.1, 0.15) is 36.7 Å². The monoisotopic (exact) mass is 279 g/mol. The molecule has 1 aromatic heterocycles. The predicted octanol–water partition coefficient (Wildman–Crippen LogP) is 3.67. The van der Waals surface area contributed by atoms with Crippen LogP contribution in [0.25, 0.3) is 11.0 Å². The van der Waals surface area contributed by atoms with Crippen molar-refractivity contribution in [2.45, 2.75) is 32.9 Å². The summed E-state index contributed by atoms with van der Waals surface area (Å²) in [5, 5.41) is 0. The molecule has 2 aromatic carbocycles. The summed E-state index contributed by atoms with van der Waals surface area (Å²) < 4.78 is 2.22. The second kappa shape index (κ2) is 5.70. The molecule has 0 aliphatic heterocycles. The van der Waals surface area contributed by atoms with Crippen LogP contribution in [0.15, 0.2) is 48.5 Å². The van der Waals surface area contributed by atoms with Crippen molar-refractivity contribution in [3.63, 3.8) is 0 Å². The Morgan fingerprint density at radius 3 is 2.52 bits per heavy atom. The highest BCUT2D eigenvalue weighted by Gasteiger charge is 2.11. The van der Waals surface area contributed by atoms with Crippen molar-refractivity contribution in [2.75, 3.05) is 0 Å². The van der Waals surface area contributed by atoms with E-state index in [0.29, 0.717) is 12.5 Å². The molecule has 0 atom stereocenters. The molecule has 0 saturated heterocycles. The predicted molar refractivity (Wildman–Crippen MR) is 87.3 cm³/mol. The third-order valence-electron chi connectivity index (χ3n) is 3.88. The molecule has 0 saturated carbocycles. The number of hydrogen-bond acceptors (Lipinski definition) is 2. The second-order valence-corrected chi connectivity index (χ2v) is 5.71. The van der Waals surface area contributed by atoms with Gasteiger partial charge in [-0.1, -0.05) is 50.2 Å². The van der Waals surface area contributed by atoms with Gasteiger partial charge in [0, 0.05) is 6.54 Å². The summed E-state index contributed by atoms with van der Waals surface area (Å²) in [4.78, 5) is 4.71. The van der Waals surface area contributed by atoms with Gasteiger partial charge >= 0.3 is 0 Å². The molecule has 108 valence electrons. The number of aromatic nitrogens is 2. The fourth-order valence-electron chi connectivity index (χ4n) is 2.65. The van der Waals surface area contributed by atoms with Gasteiger partial charge in [-0.25, -0.2) is 4.98 Å². The van der Waals surface area contributed by atoms with E-state index >= 15 is 0 Å². The molecular weight excluding hydrogens is 258 g/mol. The van der Waals surface area contributed by atoms with Crippen LogP contribution < -0.4 is 5.73 Å². The quantitative estimate of drug-likeness (QED) is 0.792. The zero-order valence-corrected chi connectivity index (χ0v) is 12.6. The maximum atomic E-state index is 5.88. The third-order valence-corrected chi connectivity index (χ3v) is 3.88. The molecule has 3 rings (SSSR count). The molecule has 0 radical (unpaired) electrons. The largest absolute Gasteiger partial charge is 0.324 e. The number of nitrogens with two attached hydrogens (primary N) is 1. The van der Waals surface area contributed by atoms with Gasteiger partial charge in [0.05, 0.1) is 17.6 Å². The molecule has 1 heterocycles. The normalized spacial score (nSPS) is 11.4. The fourth-order valence-corrected chi connectivity index (χ4v) is 2.65. The molecule has 3 nitrogen and oxygen atoms in total. The fraction of sp³-hybridized carbons (Fsp3) is 0.278. The van der Waals surface area contributed by atoms with Gasteiger partial charge in [0.25, 0.3) is 0 Å². The molecular formula is C18H21N3. The lowest BCUT2D eigenvalue weighted by atomic mass is 10.0. The highest BCUT2D eigenvalue weighted by molar-refractivity contribution is 5.77. The first kappa shape index (κ1) is 13.8. The number of hydrogen-bond donors (Lipinski definition) is 1. The Labute approximate surface area is 125 Å². The first-order chi connectivity index (χ1) is 10.2. The molecule has 21 heavy (non-hydrogen) atoms. The van der Waals surface area contributed by atoms with Crippen molar-refractivity contribution in [2.24, 2.45) is 5.73 Å². The van der Waals surface area contributed by atoms with Gasteiger partial charge in [0.1, 0.15) is 5.82 Å². The Morgan fingerprint density at radius 1 is 1.10 bits per heavy atom. The SMILES string of the molecule is CC(C)c1ccc2c(c1)nc(CN)n2Cc1ccccc1. The van der Waals surface area contributed by atoms with Crippen LogP contribution in [0.4, 0.5) is 0 Å². The highest BCUT2D eigenvalue weighted by atomic mass is 15.1. The first-order valence-corrected chi connectivity index (χ1v) is 7.42. The lowest BCUT2D eigenvalue weighted by Gasteiger charge is -2.09. The summed E-state index contributed by atoms with van der Waals surface area (Å²) in [6.07, 6.45) is 0. The lowest BCUT2D eigenvalue weighted by molar-refractivity contribution is 0.744. The van der Waals surface area contributed by atoms with E-state index in [4.69, 9.17) is 10.7 Å². The minimum Gasteiger partial charge on any atom is -0.324 e. The van der Waals surface area contributed by atoms with Crippen molar-refractivity contribution < 1.29 is 0 Å². The summed E-state index contributed by atoms with van der Waals surface area (Å²) in [7, 11) is 0. The molecule has 0 aliphatic carbocycles. The smallest absolute Gasteiger partial charge is 0.123 e. The van der Waals surface area contributed by atoms with Gasteiger partial charge in [-0.3, -0.25) is 0 Å². The van der Waals surface area contributed by atoms with Crippen molar-refractivity contribution in [1.29, 1.82) is 0 Å². The van der Waals surface area contributed by atoms with Crippen molar-refractivity contribution in [1.82, 2.24) is 9.55 Å². The Kier molecular flexibility index (Phi) is 3.76. The minimum atomic E-state index is 0.457. The van der Waals surface area contributed by atoms with Crippen LogP contribution in [0.3, 0.4) is 0 Å². The van der Waals surface area contributed by atoms with Crippen molar-refractivity contribution in [3.8, 4) is 0 Å². The van der Waals surface area contributed by atoms with E-state index in [2.05, 4.69) is 60.9 Å². The van der Waals surface area contributed by atoms with E-state index in [1.165, 1.54) is 11.1 Å². The van der Waals surface area contributed by atoms with Crippen molar-refractivity contribution in [3.05, 3.63) is 65.5 Å². The summed E-state index contributed by atoms with van der Waals surface area (Å²) in [6.45, 7) is 5.67. The lowest BCUT2D eigenvalue weighted by Crippen LogP contribution is -2.09. The molecule has 0 unspecified atom stereocenters. The van der Waals surface area contributed by atoms with E-state index in [1.807, 2.05) is 6.07 Å². The Bertz CT molecular complexity index is 742. The molecule has 3 aromatic rings. The molecule has 2 N–H and O–H groups in total. The van der Waals surface area contributed by atoms with E-state index in [9.17, 15) is 0 Å². The number of imidazole rings is 1. The van der Waals surface area contributed by atoms with Crippen LogP contribution in [-0.4, -0.2) is 9.55 Å². The topological polar surface area (TPSA) is 43.8 Å². The van der Waals surface area contributed by atoms with E-state index < -0.39 is 0 Å². The Balaban J connectivity index is 2.08. The highest BCUT2D eigenvalue weighted by Crippen LogP contribution is 2.23. The van der Waals surface area contributed by atoms with Gasteiger partial charge < -0.3 is 10.3 Å². The van der Waals surface area contributed by atoms with Crippen LogP contribution in [0, 0.1) is 0 Å².